The first kappa shape index (κ1) is 19.1. The second-order valence-corrected chi connectivity index (χ2v) is 8.25. The van der Waals surface area contributed by atoms with E-state index in [9.17, 15) is 14.4 Å². The second kappa shape index (κ2) is 8.01. The number of rotatable bonds is 6. The summed E-state index contributed by atoms with van der Waals surface area (Å²) in [7, 11) is 0. The van der Waals surface area contributed by atoms with Crippen LogP contribution in [-0.4, -0.2) is 41.2 Å². The van der Waals surface area contributed by atoms with Crippen molar-refractivity contribution >= 4 is 17.7 Å². The molecular weight excluding hydrogens is 356 g/mol. The van der Waals surface area contributed by atoms with Gasteiger partial charge in [-0.15, -0.1) is 0 Å². The van der Waals surface area contributed by atoms with Crippen LogP contribution in [0, 0.1) is 5.92 Å². The molecular formula is C21H28N4O3. The van der Waals surface area contributed by atoms with Gasteiger partial charge in [-0.2, -0.15) is 0 Å². The summed E-state index contributed by atoms with van der Waals surface area (Å²) < 4.78 is 0. The Hall–Kier alpha value is -2.25. The minimum absolute atomic E-state index is 0.119. The van der Waals surface area contributed by atoms with Crippen molar-refractivity contribution in [1.82, 2.24) is 15.5 Å². The van der Waals surface area contributed by atoms with E-state index in [1.807, 2.05) is 18.2 Å². The SMILES string of the molecule is NC1CCC(CCNCc2cccc3c2CN(C2CCC(=O)NC2=O)C3=O)C1. The molecule has 4 rings (SSSR count). The van der Waals surface area contributed by atoms with Gasteiger partial charge in [-0.05, 0) is 61.8 Å². The highest BCUT2D eigenvalue weighted by Crippen LogP contribution is 2.30. The highest BCUT2D eigenvalue weighted by molar-refractivity contribution is 6.05. The molecule has 2 heterocycles. The third-order valence-corrected chi connectivity index (χ3v) is 6.31. The molecule has 2 fully saturated rings. The number of hydrogen-bond acceptors (Lipinski definition) is 5. The molecule has 0 bridgehead atoms. The van der Waals surface area contributed by atoms with Crippen molar-refractivity contribution in [3.8, 4) is 0 Å². The molecule has 1 saturated heterocycles. The molecule has 7 nitrogen and oxygen atoms in total. The summed E-state index contributed by atoms with van der Waals surface area (Å²) in [6.45, 7) is 2.07. The lowest BCUT2D eigenvalue weighted by molar-refractivity contribution is -0.136. The number of carbonyl (C=O) groups excluding carboxylic acids is 3. The number of piperidine rings is 1. The van der Waals surface area contributed by atoms with Gasteiger partial charge in [-0.25, -0.2) is 0 Å². The predicted octanol–water partition coefficient (Wildman–Crippen LogP) is 1.05. The lowest BCUT2D eigenvalue weighted by atomic mass is 10.0. The largest absolute Gasteiger partial charge is 0.328 e. The fraction of sp³-hybridized carbons (Fsp3) is 0.571. The summed E-state index contributed by atoms with van der Waals surface area (Å²) in [5, 5.41) is 5.85. The van der Waals surface area contributed by atoms with Gasteiger partial charge in [-0.3, -0.25) is 19.7 Å². The first-order valence-corrected chi connectivity index (χ1v) is 10.2. The van der Waals surface area contributed by atoms with Crippen LogP contribution in [0.15, 0.2) is 18.2 Å². The maximum atomic E-state index is 12.8. The Labute approximate surface area is 165 Å². The van der Waals surface area contributed by atoms with Gasteiger partial charge in [0.2, 0.25) is 11.8 Å². The molecule has 0 aromatic heterocycles. The smallest absolute Gasteiger partial charge is 0.255 e. The number of nitrogens with zero attached hydrogens (tertiary/aromatic N) is 1. The summed E-state index contributed by atoms with van der Waals surface area (Å²) in [5.41, 5.74) is 8.75. The van der Waals surface area contributed by atoms with Gasteiger partial charge in [0.15, 0.2) is 0 Å². The Morgan fingerprint density at radius 3 is 2.79 bits per heavy atom. The quantitative estimate of drug-likeness (QED) is 0.502. The van der Waals surface area contributed by atoms with E-state index in [4.69, 9.17) is 5.73 Å². The van der Waals surface area contributed by atoms with Crippen LogP contribution in [0.4, 0.5) is 0 Å². The maximum Gasteiger partial charge on any atom is 0.255 e. The van der Waals surface area contributed by atoms with Gasteiger partial charge in [0, 0.05) is 31.1 Å². The zero-order chi connectivity index (χ0) is 19.7. The number of amides is 3. The monoisotopic (exact) mass is 384 g/mol. The standard InChI is InChI=1S/C21H28N4O3/c22-15-5-4-13(10-15)8-9-23-11-14-2-1-3-16-17(14)12-25(21(16)28)18-6-7-19(26)24-20(18)27/h1-3,13,15,18,23H,4-12,22H2,(H,24,26,27). The van der Waals surface area contributed by atoms with E-state index in [2.05, 4.69) is 10.6 Å². The van der Waals surface area contributed by atoms with E-state index >= 15 is 0 Å². The molecule has 3 amide bonds. The van der Waals surface area contributed by atoms with Gasteiger partial charge in [0.25, 0.3) is 5.91 Å². The number of hydrogen-bond donors (Lipinski definition) is 3. The van der Waals surface area contributed by atoms with Gasteiger partial charge < -0.3 is 16.0 Å². The third kappa shape index (κ3) is 3.82. The number of fused-ring (bicyclic) bond motifs is 1. The zero-order valence-corrected chi connectivity index (χ0v) is 16.1. The van der Waals surface area contributed by atoms with Crippen molar-refractivity contribution in [2.45, 2.75) is 63.7 Å². The molecule has 1 aromatic rings. The number of carbonyl (C=O) groups is 3. The Bertz CT molecular complexity index is 794. The molecule has 1 saturated carbocycles. The number of imide groups is 1. The average Bonchev–Trinajstić information content (AvgIpc) is 3.23. The van der Waals surface area contributed by atoms with Crippen molar-refractivity contribution in [3.05, 3.63) is 34.9 Å². The molecule has 1 aromatic carbocycles. The van der Waals surface area contributed by atoms with E-state index in [1.54, 1.807) is 4.90 Å². The lowest BCUT2D eigenvalue weighted by Gasteiger charge is -2.29. The van der Waals surface area contributed by atoms with Crippen LogP contribution in [0.25, 0.3) is 0 Å². The summed E-state index contributed by atoms with van der Waals surface area (Å²) in [6, 6.07) is 5.57. The molecule has 150 valence electrons. The van der Waals surface area contributed by atoms with Crippen molar-refractivity contribution in [1.29, 1.82) is 0 Å². The van der Waals surface area contributed by atoms with Crippen LogP contribution >= 0.6 is 0 Å². The van der Waals surface area contributed by atoms with Crippen molar-refractivity contribution < 1.29 is 14.4 Å². The molecule has 0 radical (unpaired) electrons. The van der Waals surface area contributed by atoms with E-state index in [0.29, 0.717) is 37.0 Å². The predicted molar refractivity (Wildman–Crippen MR) is 104 cm³/mol. The van der Waals surface area contributed by atoms with Crippen LogP contribution in [0.3, 0.4) is 0 Å². The minimum atomic E-state index is -0.565. The van der Waals surface area contributed by atoms with Crippen LogP contribution in [0.2, 0.25) is 0 Å². The van der Waals surface area contributed by atoms with Crippen molar-refractivity contribution in [2.75, 3.05) is 6.54 Å². The minimum Gasteiger partial charge on any atom is -0.328 e. The molecule has 0 spiro atoms. The fourth-order valence-corrected chi connectivity index (χ4v) is 4.72. The van der Waals surface area contributed by atoms with Gasteiger partial charge in [0.1, 0.15) is 6.04 Å². The summed E-state index contributed by atoms with van der Waals surface area (Å²) in [5.74, 6) is -0.0368. The van der Waals surface area contributed by atoms with Crippen LogP contribution < -0.4 is 16.4 Å². The summed E-state index contributed by atoms with van der Waals surface area (Å²) >= 11 is 0. The normalized spacial score (nSPS) is 27.2. The maximum absolute atomic E-state index is 12.8. The van der Waals surface area contributed by atoms with E-state index in [0.717, 1.165) is 36.9 Å². The Morgan fingerprint density at radius 1 is 1.18 bits per heavy atom. The highest BCUT2D eigenvalue weighted by Gasteiger charge is 2.39. The molecule has 7 heteroatoms. The first-order valence-electron chi connectivity index (χ1n) is 10.2. The molecule has 3 aliphatic rings. The van der Waals surface area contributed by atoms with Crippen molar-refractivity contribution in [2.24, 2.45) is 11.7 Å². The van der Waals surface area contributed by atoms with Gasteiger partial charge >= 0.3 is 0 Å². The van der Waals surface area contributed by atoms with Crippen molar-refractivity contribution in [3.63, 3.8) is 0 Å². The number of nitrogens with one attached hydrogen (secondary N) is 2. The second-order valence-electron chi connectivity index (χ2n) is 8.25. The first-order chi connectivity index (χ1) is 13.5. The summed E-state index contributed by atoms with van der Waals surface area (Å²) in [6.07, 6.45) is 5.27. The zero-order valence-electron chi connectivity index (χ0n) is 16.1. The lowest BCUT2D eigenvalue weighted by Crippen LogP contribution is -2.52. The number of nitrogens with two attached hydrogens (primary N) is 1. The van der Waals surface area contributed by atoms with Gasteiger partial charge in [0.05, 0.1) is 0 Å². The fourth-order valence-electron chi connectivity index (χ4n) is 4.72. The van der Waals surface area contributed by atoms with Crippen LogP contribution in [0.5, 0.6) is 0 Å². The van der Waals surface area contributed by atoms with Crippen LogP contribution in [0.1, 0.15) is 60.0 Å². The summed E-state index contributed by atoms with van der Waals surface area (Å²) in [4.78, 5) is 38.0. The van der Waals surface area contributed by atoms with E-state index in [-0.39, 0.29) is 24.1 Å². The topological polar surface area (TPSA) is 105 Å². The Balaban J connectivity index is 1.37. The molecule has 4 N–H and O–H groups in total. The van der Waals surface area contributed by atoms with E-state index < -0.39 is 6.04 Å². The molecule has 1 aliphatic carbocycles. The molecule has 3 unspecified atom stereocenters. The van der Waals surface area contributed by atoms with Gasteiger partial charge in [-0.1, -0.05) is 12.1 Å². The Morgan fingerprint density at radius 2 is 2.04 bits per heavy atom. The third-order valence-electron chi connectivity index (χ3n) is 6.31. The van der Waals surface area contributed by atoms with Crippen LogP contribution in [-0.2, 0) is 22.7 Å². The van der Waals surface area contributed by atoms with E-state index in [1.165, 1.54) is 6.42 Å². The highest BCUT2D eigenvalue weighted by atomic mass is 16.2. The average molecular weight is 384 g/mol. The molecule has 28 heavy (non-hydrogen) atoms. The molecule has 2 aliphatic heterocycles. The number of benzene rings is 1. The Kier molecular flexibility index (Phi) is 5.46. The molecule has 3 atom stereocenters.